The zero-order valence-electron chi connectivity index (χ0n) is 11.8. The van der Waals surface area contributed by atoms with E-state index in [1.165, 1.54) is 7.11 Å². The van der Waals surface area contributed by atoms with Gasteiger partial charge in [0, 0.05) is 13.3 Å². The first kappa shape index (κ1) is 14.6. The Bertz CT molecular complexity index is 416. The van der Waals surface area contributed by atoms with Crippen LogP contribution in [-0.4, -0.2) is 23.6 Å². The van der Waals surface area contributed by atoms with E-state index < -0.39 is 5.60 Å². The third kappa shape index (κ3) is 3.53. The van der Waals surface area contributed by atoms with Gasteiger partial charge in [-0.3, -0.25) is 9.78 Å². The average molecular weight is 250 g/mol. The summed E-state index contributed by atoms with van der Waals surface area (Å²) in [5, 5.41) is 2.97. The molecule has 0 aliphatic carbocycles. The normalized spacial score (nSPS) is 13.2. The lowest BCUT2D eigenvalue weighted by Crippen LogP contribution is -2.45. The maximum Gasteiger partial charge on any atom is 0.252 e. The van der Waals surface area contributed by atoms with E-state index in [1.807, 2.05) is 26.0 Å². The van der Waals surface area contributed by atoms with Gasteiger partial charge in [-0.2, -0.15) is 0 Å². The highest BCUT2D eigenvalue weighted by Crippen LogP contribution is 2.17. The molecule has 1 atom stereocenters. The van der Waals surface area contributed by atoms with E-state index in [-0.39, 0.29) is 11.9 Å². The number of carbonyl (C=O) groups is 1. The van der Waals surface area contributed by atoms with Gasteiger partial charge in [0.1, 0.15) is 5.60 Å². The molecule has 0 spiro atoms. The van der Waals surface area contributed by atoms with E-state index in [1.54, 1.807) is 20.0 Å². The second-order valence-corrected chi connectivity index (χ2v) is 4.91. The van der Waals surface area contributed by atoms with Gasteiger partial charge >= 0.3 is 0 Å². The Balaban J connectivity index is 2.83. The molecule has 1 rings (SSSR count). The van der Waals surface area contributed by atoms with Crippen molar-refractivity contribution in [3.63, 3.8) is 0 Å². The number of nitrogens with zero attached hydrogens (tertiary/aromatic N) is 1. The zero-order chi connectivity index (χ0) is 13.8. The number of hydrogen-bond donors (Lipinski definition) is 1. The number of carbonyl (C=O) groups excluding carboxylic acids is 1. The number of ether oxygens (including phenoxy) is 1. The second kappa shape index (κ2) is 5.96. The molecule has 18 heavy (non-hydrogen) atoms. The highest BCUT2D eigenvalue weighted by Gasteiger charge is 2.29. The number of aromatic nitrogens is 1. The van der Waals surface area contributed by atoms with Crippen LogP contribution in [0.1, 0.15) is 44.5 Å². The van der Waals surface area contributed by atoms with Gasteiger partial charge in [-0.05, 0) is 44.9 Å². The molecule has 0 fully saturated rings. The standard InChI is InChI=1S/C14H22N2O2/c1-6-11(12-9-10(2)7-8-15-12)16-13(17)14(3,4)18-5/h7-9,11H,6H2,1-5H3,(H,16,17)/t11-/m1/s1. The number of rotatable bonds is 5. The molecule has 0 bridgehead atoms. The Morgan fingerprint density at radius 1 is 1.56 bits per heavy atom. The van der Waals surface area contributed by atoms with Crippen LogP contribution < -0.4 is 5.32 Å². The molecule has 4 nitrogen and oxygen atoms in total. The number of methoxy groups -OCH3 is 1. The van der Waals surface area contributed by atoms with Gasteiger partial charge < -0.3 is 10.1 Å². The summed E-state index contributed by atoms with van der Waals surface area (Å²) in [6.07, 6.45) is 2.56. The van der Waals surface area contributed by atoms with Gasteiger partial charge in [0.25, 0.3) is 5.91 Å². The number of hydrogen-bond acceptors (Lipinski definition) is 3. The minimum Gasteiger partial charge on any atom is -0.369 e. The largest absolute Gasteiger partial charge is 0.369 e. The number of pyridine rings is 1. The molecule has 0 saturated carbocycles. The fourth-order valence-electron chi connectivity index (χ4n) is 1.56. The molecule has 0 unspecified atom stereocenters. The van der Waals surface area contributed by atoms with E-state index in [2.05, 4.69) is 10.3 Å². The second-order valence-electron chi connectivity index (χ2n) is 4.91. The van der Waals surface area contributed by atoms with Gasteiger partial charge in [-0.15, -0.1) is 0 Å². The van der Waals surface area contributed by atoms with E-state index in [0.29, 0.717) is 0 Å². The Hall–Kier alpha value is -1.42. The smallest absolute Gasteiger partial charge is 0.252 e. The van der Waals surface area contributed by atoms with Crippen molar-refractivity contribution in [1.82, 2.24) is 10.3 Å². The van der Waals surface area contributed by atoms with Crippen LogP contribution in [-0.2, 0) is 9.53 Å². The number of aryl methyl sites for hydroxylation is 1. The predicted octanol–water partition coefficient (Wildman–Crippen LogP) is 2.38. The molecule has 0 aliphatic rings. The lowest BCUT2D eigenvalue weighted by molar-refractivity contribution is -0.140. The van der Waals surface area contributed by atoms with Gasteiger partial charge in [-0.25, -0.2) is 0 Å². The van der Waals surface area contributed by atoms with Crippen LogP contribution in [0.4, 0.5) is 0 Å². The molecule has 1 N–H and O–H groups in total. The molecule has 0 saturated heterocycles. The summed E-state index contributed by atoms with van der Waals surface area (Å²) in [6.45, 7) is 7.53. The molecule has 1 heterocycles. The van der Waals surface area contributed by atoms with Crippen LogP contribution >= 0.6 is 0 Å². The van der Waals surface area contributed by atoms with Crippen molar-refractivity contribution in [2.24, 2.45) is 0 Å². The van der Waals surface area contributed by atoms with Crippen molar-refractivity contribution in [2.75, 3.05) is 7.11 Å². The average Bonchev–Trinajstić information content (AvgIpc) is 2.35. The summed E-state index contributed by atoms with van der Waals surface area (Å²) >= 11 is 0. The predicted molar refractivity (Wildman–Crippen MR) is 71.2 cm³/mol. The molecule has 1 aromatic rings. The fourth-order valence-corrected chi connectivity index (χ4v) is 1.56. The SMILES string of the molecule is CC[C@@H](NC(=O)C(C)(C)OC)c1cc(C)ccn1. The van der Waals surface area contributed by atoms with Gasteiger partial charge in [-0.1, -0.05) is 6.92 Å². The fraction of sp³-hybridized carbons (Fsp3) is 0.571. The molecule has 1 amide bonds. The highest BCUT2D eigenvalue weighted by atomic mass is 16.5. The summed E-state index contributed by atoms with van der Waals surface area (Å²) in [5.74, 6) is -0.125. The minimum atomic E-state index is -0.822. The summed E-state index contributed by atoms with van der Waals surface area (Å²) in [5.41, 5.74) is 1.20. The first-order chi connectivity index (χ1) is 8.40. The Labute approximate surface area is 109 Å². The van der Waals surface area contributed by atoms with Crippen molar-refractivity contribution in [2.45, 2.75) is 45.8 Å². The van der Waals surface area contributed by atoms with Gasteiger partial charge in [0.2, 0.25) is 0 Å². The first-order valence-electron chi connectivity index (χ1n) is 6.19. The summed E-state index contributed by atoms with van der Waals surface area (Å²) in [6, 6.07) is 3.86. The third-order valence-corrected chi connectivity index (χ3v) is 3.06. The highest BCUT2D eigenvalue weighted by molar-refractivity contribution is 5.84. The van der Waals surface area contributed by atoms with Crippen molar-refractivity contribution in [1.29, 1.82) is 0 Å². The molecule has 0 aliphatic heterocycles. The van der Waals surface area contributed by atoms with Crippen LogP contribution in [0.5, 0.6) is 0 Å². The summed E-state index contributed by atoms with van der Waals surface area (Å²) in [4.78, 5) is 16.4. The van der Waals surface area contributed by atoms with Crippen molar-refractivity contribution in [3.8, 4) is 0 Å². The molecule has 4 heteroatoms. The van der Waals surface area contributed by atoms with Crippen LogP contribution in [0, 0.1) is 6.92 Å². The van der Waals surface area contributed by atoms with Gasteiger partial charge in [0.05, 0.1) is 11.7 Å². The van der Waals surface area contributed by atoms with Crippen LogP contribution in [0.3, 0.4) is 0 Å². The lowest BCUT2D eigenvalue weighted by atomic mass is 10.0. The van der Waals surface area contributed by atoms with E-state index in [0.717, 1.165) is 17.7 Å². The Morgan fingerprint density at radius 3 is 2.72 bits per heavy atom. The molecule has 100 valence electrons. The van der Waals surface area contributed by atoms with Crippen molar-refractivity contribution < 1.29 is 9.53 Å². The Morgan fingerprint density at radius 2 is 2.22 bits per heavy atom. The molecular weight excluding hydrogens is 228 g/mol. The lowest BCUT2D eigenvalue weighted by Gasteiger charge is -2.25. The van der Waals surface area contributed by atoms with E-state index in [9.17, 15) is 4.79 Å². The molecular formula is C14H22N2O2. The maximum absolute atomic E-state index is 12.1. The maximum atomic E-state index is 12.1. The monoisotopic (exact) mass is 250 g/mol. The van der Waals surface area contributed by atoms with Crippen LogP contribution in [0.25, 0.3) is 0 Å². The van der Waals surface area contributed by atoms with E-state index >= 15 is 0 Å². The van der Waals surface area contributed by atoms with Crippen LogP contribution in [0.15, 0.2) is 18.3 Å². The first-order valence-corrected chi connectivity index (χ1v) is 6.19. The number of nitrogens with one attached hydrogen (secondary N) is 1. The van der Waals surface area contributed by atoms with Crippen molar-refractivity contribution >= 4 is 5.91 Å². The number of amides is 1. The topological polar surface area (TPSA) is 51.2 Å². The van der Waals surface area contributed by atoms with Crippen molar-refractivity contribution in [3.05, 3.63) is 29.6 Å². The Kier molecular flexibility index (Phi) is 4.84. The summed E-state index contributed by atoms with van der Waals surface area (Å²) < 4.78 is 5.17. The quantitative estimate of drug-likeness (QED) is 0.873. The molecule has 0 aromatic carbocycles. The summed E-state index contributed by atoms with van der Waals surface area (Å²) in [7, 11) is 1.53. The van der Waals surface area contributed by atoms with Crippen LogP contribution in [0.2, 0.25) is 0 Å². The minimum absolute atomic E-state index is 0.0770. The molecule has 1 aromatic heterocycles. The third-order valence-electron chi connectivity index (χ3n) is 3.06. The van der Waals surface area contributed by atoms with E-state index in [4.69, 9.17) is 4.74 Å². The van der Waals surface area contributed by atoms with Gasteiger partial charge in [0.15, 0.2) is 0 Å². The molecule has 0 radical (unpaired) electrons. The zero-order valence-corrected chi connectivity index (χ0v) is 11.8.